The van der Waals surface area contributed by atoms with Crippen LogP contribution in [0.5, 0.6) is 0 Å². The average Bonchev–Trinajstić information content (AvgIpc) is 1.41. The lowest BCUT2D eigenvalue weighted by atomic mass is 11.6. The third kappa shape index (κ3) is 4.40. The molecular formula is C2H5NS2. The lowest BCUT2D eigenvalue weighted by Gasteiger charge is -1.77. The first-order chi connectivity index (χ1) is 2.41. The van der Waals surface area contributed by atoms with Gasteiger partial charge in [0.25, 0.3) is 0 Å². The van der Waals surface area contributed by atoms with Crippen molar-refractivity contribution < 1.29 is 0 Å². The maximum Gasteiger partial charge on any atom is 0.0497 e. The average molecular weight is 107 g/mol. The topological polar surface area (TPSA) is 12.0 Å². The van der Waals surface area contributed by atoms with Crippen molar-refractivity contribution in [2.75, 3.05) is 7.05 Å². The molecule has 0 saturated heterocycles. The second-order valence-corrected chi connectivity index (χ2v) is 1.83. The van der Waals surface area contributed by atoms with E-state index in [1.54, 1.807) is 4.70 Å². The molecule has 0 aromatic heterocycles. The highest BCUT2D eigenvalue weighted by molar-refractivity contribution is 8.19. The molecule has 0 fully saturated rings. The number of thiocarbonyl (C=S) groups is 1. The first-order valence-corrected chi connectivity index (χ1v) is 2.53. The van der Waals surface area contributed by atoms with Crippen LogP contribution in [0.2, 0.25) is 0 Å². The van der Waals surface area contributed by atoms with Crippen molar-refractivity contribution in [3.05, 3.63) is 0 Å². The van der Waals surface area contributed by atoms with Crippen LogP contribution >= 0.6 is 24.2 Å². The zero-order chi connectivity index (χ0) is 4.12. The molecule has 0 aromatic rings. The molecule has 0 spiro atoms. The van der Waals surface area contributed by atoms with Crippen LogP contribution in [-0.2, 0) is 0 Å². The Morgan fingerprint density at radius 3 is 2.60 bits per heavy atom. The molecule has 30 valence electrons. The third-order valence-electron chi connectivity index (χ3n) is 0.166. The molecule has 1 N–H and O–H groups in total. The largest absolute Gasteiger partial charge is 0.263 e. The van der Waals surface area contributed by atoms with Crippen LogP contribution in [0.1, 0.15) is 0 Å². The predicted molar refractivity (Wildman–Crippen MR) is 30.3 cm³/mol. The van der Waals surface area contributed by atoms with E-state index in [0.29, 0.717) is 0 Å². The Morgan fingerprint density at radius 2 is 2.60 bits per heavy atom. The molecule has 0 rings (SSSR count). The Balaban J connectivity index is 2.40. The van der Waals surface area contributed by atoms with Gasteiger partial charge in [0.2, 0.25) is 0 Å². The summed E-state index contributed by atoms with van der Waals surface area (Å²) < 4.78 is 4.34. The molecule has 1 nitrogen and oxygen atoms in total. The van der Waals surface area contributed by atoms with Crippen molar-refractivity contribution in [1.82, 2.24) is 4.72 Å². The SMILES string of the molecule is CNSC=S. The van der Waals surface area contributed by atoms with E-state index < -0.39 is 0 Å². The Kier molecular flexibility index (Phi) is 4.75. The summed E-state index contributed by atoms with van der Waals surface area (Å²) in [6.45, 7) is 0. The quantitative estimate of drug-likeness (QED) is 0.414. The van der Waals surface area contributed by atoms with Crippen molar-refractivity contribution in [2.45, 2.75) is 0 Å². The van der Waals surface area contributed by atoms with Gasteiger partial charge < -0.3 is 0 Å². The minimum atomic E-state index is 1.40. The Hall–Kier alpha value is 0.400. The van der Waals surface area contributed by atoms with E-state index in [1.165, 1.54) is 11.9 Å². The molecule has 0 heterocycles. The van der Waals surface area contributed by atoms with Crippen LogP contribution in [0.15, 0.2) is 0 Å². The Morgan fingerprint density at radius 1 is 2.00 bits per heavy atom. The van der Waals surface area contributed by atoms with Crippen molar-refractivity contribution in [2.24, 2.45) is 0 Å². The molecule has 5 heavy (non-hydrogen) atoms. The molecule has 0 aliphatic carbocycles. The summed E-state index contributed by atoms with van der Waals surface area (Å²) in [6, 6.07) is 0. The fraction of sp³-hybridized carbons (Fsp3) is 0.500. The van der Waals surface area contributed by atoms with Crippen LogP contribution in [0.4, 0.5) is 0 Å². The zero-order valence-corrected chi connectivity index (χ0v) is 4.53. The van der Waals surface area contributed by atoms with Crippen LogP contribution in [0.3, 0.4) is 0 Å². The van der Waals surface area contributed by atoms with Crippen molar-refractivity contribution in [1.29, 1.82) is 0 Å². The normalized spacial score (nSPS) is 7.40. The van der Waals surface area contributed by atoms with Gasteiger partial charge >= 0.3 is 0 Å². The maximum atomic E-state index is 4.43. The van der Waals surface area contributed by atoms with Gasteiger partial charge in [-0.15, -0.1) is 0 Å². The fourth-order valence-corrected chi connectivity index (χ4v) is 0.433. The summed E-state index contributed by atoms with van der Waals surface area (Å²) in [4.78, 5) is 0. The summed E-state index contributed by atoms with van der Waals surface area (Å²) >= 11 is 5.83. The molecule has 0 radical (unpaired) electrons. The van der Waals surface area contributed by atoms with Gasteiger partial charge in [-0.25, -0.2) is 0 Å². The van der Waals surface area contributed by atoms with E-state index in [4.69, 9.17) is 0 Å². The van der Waals surface area contributed by atoms with Gasteiger partial charge in [-0.3, -0.25) is 4.72 Å². The second kappa shape index (κ2) is 4.40. The fourth-order valence-electron chi connectivity index (χ4n) is 0.0481. The minimum absolute atomic E-state index is 1.40. The number of rotatable bonds is 2. The van der Waals surface area contributed by atoms with Gasteiger partial charge in [0.15, 0.2) is 0 Å². The van der Waals surface area contributed by atoms with Gasteiger partial charge in [-0.2, -0.15) is 0 Å². The van der Waals surface area contributed by atoms with Crippen LogP contribution in [-0.4, -0.2) is 11.7 Å². The highest BCUT2D eigenvalue weighted by Crippen LogP contribution is 1.78. The van der Waals surface area contributed by atoms with Crippen molar-refractivity contribution >= 4 is 28.9 Å². The summed E-state index contributed by atoms with van der Waals surface area (Å²) in [5, 5.41) is 0. The first kappa shape index (κ1) is 5.40. The lowest BCUT2D eigenvalue weighted by Crippen LogP contribution is -1.87. The number of nitrogens with one attached hydrogen (secondary N) is 1. The van der Waals surface area contributed by atoms with Gasteiger partial charge in [-0.05, 0) is 19.0 Å². The Bertz CT molecular complexity index is 28.8. The molecule has 0 unspecified atom stereocenters. The smallest absolute Gasteiger partial charge is 0.0497 e. The standard InChI is InChI=1S/C2H5NS2/c1-3-5-2-4/h2-3H,1H3. The van der Waals surface area contributed by atoms with E-state index in [0.717, 1.165) is 0 Å². The maximum absolute atomic E-state index is 4.43. The molecule has 3 heteroatoms. The second-order valence-electron chi connectivity index (χ2n) is 0.418. The van der Waals surface area contributed by atoms with E-state index in [2.05, 4.69) is 16.9 Å². The summed E-state index contributed by atoms with van der Waals surface area (Å²) in [5.41, 5.74) is 0. The molecule has 0 aliphatic heterocycles. The Labute approximate surface area is 41.3 Å². The highest BCUT2D eigenvalue weighted by Gasteiger charge is 1.59. The van der Waals surface area contributed by atoms with Gasteiger partial charge in [-0.1, -0.05) is 12.2 Å². The summed E-state index contributed by atoms with van der Waals surface area (Å²) in [5.74, 6) is 0. The lowest BCUT2D eigenvalue weighted by molar-refractivity contribution is 1.31. The first-order valence-electron chi connectivity index (χ1n) is 1.18. The third-order valence-corrected chi connectivity index (χ3v) is 0.787. The molecule has 0 aromatic carbocycles. The minimum Gasteiger partial charge on any atom is -0.263 e. The molecule has 0 amide bonds. The summed E-state index contributed by atoms with van der Waals surface area (Å²) in [7, 11) is 1.83. The molecule has 0 saturated carbocycles. The monoisotopic (exact) mass is 107 g/mol. The summed E-state index contributed by atoms with van der Waals surface area (Å²) in [6.07, 6.45) is 0. The molecular weight excluding hydrogens is 102 g/mol. The highest BCUT2D eigenvalue weighted by atomic mass is 32.2. The van der Waals surface area contributed by atoms with Crippen LogP contribution in [0.25, 0.3) is 0 Å². The number of hydrogen-bond acceptors (Lipinski definition) is 3. The van der Waals surface area contributed by atoms with Crippen LogP contribution < -0.4 is 4.72 Å². The number of hydrogen-bond donors (Lipinski definition) is 1. The molecule has 0 atom stereocenters. The van der Waals surface area contributed by atoms with E-state index in [9.17, 15) is 0 Å². The predicted octanol–water partition coefficient (Wildman–Crippen LogP) is 0.811. The van der Waals surface area contributed by atoms with E-state index >= 15 is 0 Å². The van der Waals surface area contributed by atoms with Gasteiger partial charge in [0.1, 0.15) is 0 Å². The van der Waals surface area contributed by atoms with Gasteiger partial charge in [0, 0.05) is 4.70 Å². The van der Waals surface area contributed by atoms with Crippen molar-refractivity contribution in [3.8, 4) is 0 Å². The van der Waals surface area contributed by atoms with E-state index in [1.807, 2.05) is 7.05 Å². The molecule has 0 aliphatic rings. The zero-order valence-electron chi connectivity index (χ0n) is 2.89. The van der Waals surface area contributed by atoms with Crippen LogP contribution in [0, 0.1) is 0 Å². The van der Waals surface area contributed by atoms with Gasteiger partial charge in [0.05, 0.1) is 0 Å². The van der Waals surface area contributed by atoms with Crippen molar-refractivity contribution in [3.63, 3.8) is 0 Å². The van der Waals surface area contributed by atoms with E-state index in [-0.39, 0.29) is 0 Å². The molecule has 0 bridgehead atoms.